The average Bonchev–Trinajstić information content (AvgIpc) is 1.63. The van der Waals surface area contributed by atoms with Crippen LogP contribution in [0, 0.1) is 0 Å². The minimum absolute atomic E-state index is 0.256. The molecule has 0 bridgehead atoms. The fourth-order valence-corrected chi connectivity index (χ4v) is 0.392. The van der Waals surface area contributed by atoms with Crippen LogP contribution in [-0.4, -0.2) is 17.2 Å². The van der Waals surface area contributed by atoms with Crippen LogP contribution in [0.3, 0.4) is 0 Å². The van der Waals surface area contributed by atoms with Crippen LogP contribution in [0.4, 0.5) is 4.39 Å². The van der Waals surface area contributed by atoms with Crippen molar-refractivity contribution in [1.82, 2.24) is 0 Å². The van der Waals surface area contributed by atoms with Gasteiger partial charge in [0.2, 0.25) is 0 Å². The summed E-state index contributed by atoms with van der Waals surface area (Å²) in [6.07, 6.45) is -0.256. The number of ether oxygens (including phenoxy) is 1. The van der Waals surface area contributed by atoms with Crippen molar-refractivity contribution in [2.75, 3.05) is 0 Å². The first-order valence-electron chi connectivity index (χ1n) is 2.52. The standard InChI is InChI=1S/C5H8BrFO2/c1-3(2)9-5(8)4(6)7/h3-4H,1-2H3/t4-/m1/s1. The third-order valence-corrected chi connectivity index (χ3v) is 0.904. The highest BCUT2D eigenvalue weighted by Crippen LogP contribution is 2.04. The Morgan fingerprint density at radius 2 is 2.11 bits per heavy atom. The number of alkyl halides is 2. The second-order valence-corrected chi connectivity index (χ2v) is 2.59. The molecule has 0 aromatic heterocycles. The molecule has 0 aliphatic rings. The number of hydrogen-bond donors (Lipinski definition) is 0. The minimum atomic E-state index is -1.69. The zero-order chi connectivity index (χ0) is 7.44. The monoisotopic (exact) mass is 198 g/mol. The Morgan fingerprint density at radius 1 is 1.67 bits per heavy atom. The Labute approximate surface area is 61.5 Å². The van der Waals surface area contributed by atoms with E-state index in [9.17, 15) is 9.18 Å². The molecule has 0 fully saturated rings. The van der Waals surface area contributed by atoms with Crippen LogP contribution >= 0.6 is 15.9 Å². The topological polar surface area (TPSA) is 26.3 Å². The van der Waals surface area contributed by atoms with Crippen molar-refractivity contribution in [1.29, 1.82) is 0 Å². The number of carbonyl (C=O) groups excluding carboxylic acids is 1. The number of rotatable bonds is 2. The largest absolute Gasteiger partial charge is 0.460 e. The Hall–Kier alpha value is -0.120. The lowest BCUT2D eigenvalue weighted by atomic mass is 10.5. The number of esters is 1. The molecule has 0 aliphatic heterocycles. The van der Waals surface area contributed by atoms with Gasteiger partial charge in [-0.15, -0.1) is 0 Å². The van der Waals surface area contributed by atoms with Crippen molar-refractivity contribution in [3.05, 3.63) is 0 Å². The predicted molar refractivity (Wildman–Crippen MR) is 35.1 cm³/mol. The molecule has 0 spiro atoms. The SMILES string of the molecule is CC(C)OC(=O)[C@@H](F)Br. The molecule has 54 valence electrons. The van der Waals surface area contributed by atoms with E-state index >= 15 is 0 Å². The van der Waals surface area contributed by atoms with Gasteiger partial charge in [0, 0.05) is 0 Å². The van der Waals surface area contributed by atoms with E-state index in [0.29, 0.717) is 0 Å². The molecule has 2 nitrogen and oxygen atoms in total. The van der Waals surface area contributed by atoms with Gasteiger partial charge in [0.05, 0.1) is 6.10 Å². The van der Waals surface area contributed by atoms with Crippen LogP contribution < -0.4 is 0 Å². The summed E-state index contributed by atoms with van der Waals surface area (Å²) in [5.41, 5.74) is 0. The maximum atomic E-state index is 11.9. The maximum Gasteiger partial charge on any atom is 0.352 e. The van der Waals surface area contributed by atoms with E-state index in [2.05, 4.69) is 20.7 Å². The molecule has 0 radical (unpaired) electrons. The normalized spacial score (nSPS) is 13.4. The zero-order valence-corrected chi connectivity index (χ0v) is 6.81. The fourth-order valence-electron chi connectivity index (χ4n) is 0.284. The second-order valence-electron chi connectivity index (χ2n) is 1.79. The van der Waals surface area contributed by atoms with Crippen LogP contribution in [0.25, 0.3) is 0 Å². The molecule has 0 rings (SSSR count). The summed E-state index contributed by atoms with van der Waals surface area (Å²) in [6, 6.07) is 0. The van der Waals surface area contributed by atoms with E-state index in [4.69, 9.17) is 0 Å². The third kappa shape index (κ3) is 4.39. The van der Waals surface area contributed by atoms with E-state index in [1.54, 1.807) is 13.8 Å². The molecule has 0 N–H and O–H groups in total. The van der Waals surface area contributed by atoms with Crippen LogP contribution in [0.15, 0.2) is 0 Å². The smallest absolute Gasteiger partial charge is 0.352 e. The quantitative estimate of drug-likeness (QED) is 0.499. The van der Waals surface area contributed by atoms with Gasteiger partial charge in [-0.25, -0.2) is 9.18 Å². The number of halogens is 2. The van der Waals surface area contributed by atoms with Gasteiger partial charge in [0.15, 0.2) is 0 Å². The van der Waals surface area contributed by atoms with Crippen molar-refractivity contribution in [3.63, 3.8) is 0 Å². The van der Waals surface area contributed by atoms with Crippen LogP contribution in [0.1, 0.15) is 13.8 Å². The highest BCUT2D eigenvalue weighted by molar-refractivity contribution is 9.09. The molecule has 0 saturated carbocycles. The van der Waals surface area contributed by atoms with Crippen LogP contribution in [0.2, 0.25) is 0 Å². The summed E-state index contributed by atoms with van der Waals surface area (Å²) in [6.45, 7) is 3.32. The van der Waals surface area contributed by atoms with Crippen molar-refractivity contribution in [2.45, 2.75) is 25.0 Å². The maximum absolute atomic E-state index is 11.9. The highest BCUT2D eigenvalue weighted by Gasteiger charge is 2.14. The molecule has 0 saturated heterocycles. The van der Waals surface area contributed by atoms with Crippen molar-refractivity contribution in [3.8, 4) is 0 Å². The Balaban J connectivity index is 3.51. The predicted octanol–water partition coefficient (Wildman–Crippen LogP) is 1.63. The molecule has 0 heterocycles. The number of carbonyl (C=O) groups is 1. The van der Waals surface area contributed by atoms with E-state index in [1.165, 1.54) is 0 Å². The first-order valence-corrected chi connectivity index (χ1v) is 3.44. The zero-order valence-electron chi connectivity index (χ0n) is 5.23. The molecular weight excluding hydrogens is 191 g/mol. The molecule has 1 atom stereocenters. The van der Waals surface area contributed by atoms with Gasteiger partial charge in [-0.05, 0) is 29.8 Å². The molecule has 0 aromatic carbocycles. The van der Waals surface area contributed by atoms with Crippen LogP contribution in [-0.2, 0) is 9.53 Å². The third-order valence-electron chi connectivity index (χ3n) is 0.530. The van der Waals surface area contributed by atoms with E-state index in [-0.39, 0.29) is 6.10 Å². The summed E-state index contributed by atoms with van der Waals surface area (Å²) in [5.74, 6) is -0.870. The molecule has 0 unspecified atom stereocenters. The van der Waals surface area contributed by atoms with Crippen molar-refractivity contribution in [2.24, 2.45) is 0 Å². The minimum Gasteiger partial charge on any atom is -0.460 e. The summed E-state index contributed by atoms with van der Waals surface area (Å²) in [7, 11) is 0. The number of hydrogen-bond acceptors (Lipinski definition) is 2. The van der Waals surface area contributed by atoms with Crippen molar-refractivity contribution >= 4 is 21.9 Å². The average molecular weight is 199 g/mol. The van der Waals surface area contributed by atoms with Gasteiger partial charge >= 0.3 is 5.97 Å². The lowest BCUT2D eigenvalue weighted by Crippen LogP contribution is -2.17. The summed E-state index contributed by atoms with van der Waals surface area (Å²) < 4.78 is 16.3. The summed E-state index contributed by atoms with van der Waals surface area (Å²) in [4.78, 5) is 10.3. The molecular formula is C5H8BrFO2. The lowest BCUT2D eigenvalue weighted by Gasteiger charge is -2.06. The van der Waals surface area contributed by atoms with Gasteiger partial charge in [-0.3, -0.25) is 0 Å². The lowest BCUT2D eigenvalue weighted by molar-refractivity contribution is -0.149. The molecule has 4 heteroatoms. The van der Waals surface area contributed by atoms with E-state index in [1.807, 2.05) is 0 Å². The van der Waals surface area contributed by atoms with Gasteiger partial charge in [-0.2, -0.15) is 0 Å². The summed E-state index contributed by atoms with van der Waals surface area (Å²) >= 11 is 2.43. The van der Waals surface area contributed by atoms with Gasteiger partial charge in [0.1, 0.15) is 0 Å². The fraction of sp³-hybridized carbons (Fsp3) is 0.800. The van der Waals surface area contributed by atoms with E-state index in [0.717, 1.165) is 0 Å². The Morgan fingerprint density at radius 3 is 2.22 bits per heavy atom. The van der Waals surface area contributed by atoms with Crippen molar-refractivity contribution < 1.29 is 13.9 Å². The Bertz CT molecular complexity index is 103. The van der Waals surface area contributed by atoms with Gasteiger partial charge in [-0.1, -0.05) is 0 Å². The molecule has 0 aliphatic carbocycles. The summed E-state index contributed by atoms with van der Waals surface area (Å²) in [5, 5.41) is -1.69. The second kappa shape index (κ2) is 3.82. The molecule has 9 heavy (non-hydrogen) atoms. The molecule has 0 amide bonds. The van der Waals surface area contributed by atoms with E-state index < -0.39 is 11.1 Å². The first kappa shape index (κ1) is 8.88. The van der Waals surface area contributed by atoms with Crippen LogP contribution in [0.5, 0.6) is 0 Å². The Kier molecular flexibility index (Phi) is 3.77. The van der Waals surface area contributed by atoms with Gasteiger partial charge in [0.25, 0.3) is 5.08 Å². The van der Waals surface area contributed by atoms with Gasteiger partial charge < -0.3 is 4.74 Å². The molecule has 0 aromatic rings. The first-order chi connectivity index (χ1) is 4.04. The highest BCUT2D eigenvalue weighted by atomic mass is 79.9.